The van der Waals surface area contributed by atoms with E-state index < -0.39 is 0 Å². The normalized spacial score (nSPS) is 23.9. The van der Waals surface area contributed by atoms with Gasteiger partial charge in [-0.1, -0.05) is 44.1 Å². The predicted octanol–water partition coefficient (Wildman–Crippen LogP) is 3.55. The Morgan fingerprint density at radius 3 is 2.45 bits per heavy atom. The zero-order valence-corrected chi connectivity index (χ0v) is 8.02. The van der Waals surface area contributed by atoms with Crippen LogP contribution in [0.25, 0.3) is 0 Å². The van der Waals surface area contributed by atoms with E-state index in [0.717, 1.165) is 5.92 Å². The molecular weight excluding hydrogens is 132 g/mol. The van der Waals surface area contributed by atoms with Crippen LogP contribution in [0.5, 0.6) is 0 Å². The van der Waals surface area contributed by atoms with Crippen LogP contribution in [0.3, 0.4) is 0 Å². The fourth-order valence-electron chi connectivity index (χ4n) is 1.52. The molecule has 0 bridgehead atoms. The second-order valence-electron chi connectivity index (χ2n) is 4.02. The third-order valence-electron chi connectivity index (χ3n) is 2.24. The van der Waals surface area contributed by atoms with Gasteiger partial charge in [0, 0.05) is 0 Å². The topological polar surface area (TPSA) is 0 Å². The quantitative estimate of drug-likeness (QED) is 0.564. The molecule has 0 aromatic heterocycles. The summed E-state index contributed by atoms with van der Waals surface area (Å²) in [6, 6.07) is 0. The van der Waals surface area contributed by atoms with E-state index in [9.17, 15) is 0 Å². The highest BCUT2D eigenvalue weighted by Gasteiger charge is 2.10. The third kappa shape index (κ3) is 2.21. The molecule has 62 valence electrons. The van der Waals surface area contributed by atoms with Crippen molar-refractivity contribution in [3.63, 3.8) is 0 Å². The molecule has 1 unspecified atom stereocenters. The molecular formula is C11H18. The van der Waals surface area contributed by atoms with Crippen molar-refractivity contribution in [2.24, 2.45) is 11.8 Å². The van der Waals surface area contributed by atoms with Gasteiger partial charge in [-0.25, -0.2) is 0 Å². The Labute approximate surface area is 70.0 Å². The van der Waals surface area contributed by atoms with Gasteiger partial charge in [-0.2, -0.15) is 0 Å². The van der Waals surface area contributed by atoms with E-state index in [1.165, 1.54) is 17.6 Å². The Morgan fingerprint density at radius 2 is 2.09 bits per heavy atom. The largest absolute Gasteiger partial charge is 0.0744 e. The van der Waals surface area contributed by atoms with Crippen molar-refractivity contribution in [3.05, 3.63) is 23.3 Å². The fraction of sp³-hybridized carbons (Fsp3) is 0.636. The lowest BCUT2D eigenvalue weighted by Crippen LogP contribution is -1.87. The summed E-state index contributed by atoms with van der Waals surface area (Å²) in [6.45, 7) is 9.02. The Kier molecular flexibility index (Phi) is 2.53. The van der Waals surface area contributed by atoms with Crippen LogP contribution in [0.4, 0.5) is 0 Å². The Hall–Kier alpha value is -0.520. The Bertz CT molecular complexity index is 194. The summed E-state index contributed by atoms with van der Waals surface area (Å²) in [6.07, 6.45) is 5.96. The van der Waals surface area contributed by atoms with Crippen LogP contribution in [0.15, 0.2) is 23.3 Å². The summed E-state index contributed by atoms with van der Waals surface area (Å²) in [7, 11) is 0. The highest BCUT2D eigenvalue weighted by Crippen LogP contribution is 2.26. The van der Waals surface area contributed by atoms with Crippen LogP contribution in [0.2, 0.25) is 0 Å². The van der Waals surface area contributed by atoms with Crippen molar-refractivity contribution < 1.29 is 0 Å². The average Bonchev–Trinajstić information content (AvgIpc) is 2.10. The van der Waals surface area contributed by atoms with Crippen molar-refractivity contribution in [3.8, 4) is 0 Å². The third-order valence-corrected chi connectivity index (χ3v) is 2.24. The average molecular weight is 150 g/mol. The van der Waals surface area contributed by atoms with Crippen LogP contribution >= 0.6 is 0 Å². The number of hydrogen-bond donors (Lipinski definition) is 0. The molecule has 11 heavy (non-hydrogen) atoms. The molecule has 0 spiro atoms. The first-order valence-corrected chi connectivity index (χ1v) is 4.48. The van der Waals surface area contributed by atoms with Crippen LogP contribution in [0.1, 0.15) is 34.1 Å². The molecule has 1 aliphatic carbocycles. The van der Waals surface area contributed by atoms with Gasteiger partial charge >= 0.3 is 0 Å². The molecule has 0 amide bonds. The van der Waals surface area contributed by atoms with Gasteiger partial charge in [0.1, 0.15) is 0 Å². The van der Waals surface area contributed by atoms with Crippen molar-refractivity contribution in [2.75, 3.05) is 0 Å². The Balaban J connectivity index is 2.56. The van der Waals surface area contributed by atoms with E-state index in [2.05, 4.69) is 39.8 Å². The number of allylic oxidation sites excluding steroid dienone is 4. The molecule has 1 rings (SSSR count). The molecule has 0 aromatic rings. The fourth-order valence-corrected chi connectivity index (χ4v) is 1.52. The number of rotatable bonds is 2. The zero-order valence-electron chi connectivity index (χ0n) is 8.02. The highest BCUT2D eigenvalue weighted by molar-refractivity contribution is 5.34. The lowest BCUT2D eigenvalue weighted by molar-refractivity contribution is 0.649. The van der Waals surface area contributed by atoms with E-state index in [1.54, 1.807) is 0 Å². The van der Waals surface area contributed by atoms with Crippen LogP contribution in [-0.2, 0) is 0 Å². The van der Waals surface area contributed by atoms with Crippen molar-refractivity contribution in [1.82, 2.24) is 0 Å². The van der Waals surface area contributed by atoms with Crippen molar-refractivity contribution in [2.45, 2.75) is 34.1 Å². The van der Waals surface area contributed by atoms with Gasteiger partial charge in [0.2, 0.25) is 0 Å². The zero-order chi connectivity index (χ0) is 8.43. The molecule has 0 radical (unpaired) electrons. The molecule has 0 saturated carbocycles. The van der Waals surface area contributed by atoms with Gasteiger partial charge in [0.15, 0.2) is 0 Å². The molecule has 0 aliphatic heterocycles. The summed E-state index contributed by atoms with van der Waals surface area (Å²) in [4.78, 5) is 0. The van der Waals surface area contributed by atoms with Crippen LogP contribution in [0, 0.1) is 11.8 Å². The van der Waals surface area contributed by atoms with Crippen molar-refractivity contribution >= 4 is 0 Å². The smallest absolute Gasteiger partial charge is 0.00454 e. The molecule has 0 N–H and O–H groups in total. The van der Waals surface area contributed by atoms with Crippen LogP contribution < -0.4 is 0 Å². The first kappa shape index (κ1) is 8.58. The monoisotopic (exact) mass is 150 g/mol. The summed E-state index contributed by atoms with van der Waals surface area (Å²) >= 11 is 0. The minimum absolute atomic E-state index is 0.684. The molecule has 0 fully saturated rings. The Morgan fingerprint density at radius 1 is 1.45 bits per heavy atom. The predicted molar refractivity (Wildman–Crippen MR) is 50.5 cm³/mol. The molecule has 1 aliphatic rings. The lowest BCUT2D eigenvalue weighted by Gasteiger charge is -2.02. The van der Waals surface area contributed by atoms with E-state index >= 15 is 0 Å². The minimum Gasteiger partial charge on any atom is -0.0744 e. The first-order chi connectivity index (χ1) is 5.09. The minimum atomic E-state index is 0.684. The maximum absolute atomic E-state index is 2.38. The summed E-state index contributed by atoms with van der Waals surface area (Å²) in [5, 5.41) is 0. The molecule has 1 atom stereocenters. The second-order valence-corrected chi connectivity index (χ2v) is 4.02. The van der Waals surface area contributed by atoms with E-state index in [4.69, 9.17) is 0 Å². The molecule has 0 nitrogen and oxygen atoms in total. The maximum Gasteiger partial charge on any atom is -0.00454 e. The van der Waals surface area contributed by atoms with E-state index in [1.807, 2.05) is 0 Å². The summed E-state index contributed by atoms with van der Waals surface area (Å²) < 4.78 is 0. The van der Waals surface area contributed by atoms with Gasteiger partial charge in [-0.15, -0.1) is 0 Å². The second kappa shape index (κ2) is 3.25. The summed E-state index contributed by atoms with van der Waals surface area (Å²) in [5.41, 5.74) is 3.05. The van der Waals surface area contributed by atoms with Gasteiger partial charge in [0.25, 0.3) is 0 Å². The van der Waals surface area contributed by atoms with E-state index in [-0.39, 0.29) is 0 Å². The highest BCUT2D eigenvalue weighted by atomic mass is 14.2. The van der Waals surface area contributed by atoms with Gasteiger partial charge in [-0.05, 0) is 25.2 Å². The van der Waals surface area contributed by atoms with Gasteiger partial charge < -0.3 is 0 Å². The maximum atomic E-state index is 2.38. The number of hydrogen-bond acceptors (Lipinski definition) is 0. The SMILES string of the molecule is CC1=CC(CC(C)C)=CC1C. The molecule has 0 heteroatoms. The molecule has 0 heterocycles. The van der Waals surface area contributed by atoms with Crippen molar-refractivity contribution in [1.29, 1.82) is 0 Å². The summed E-state index contributed by atoms with van der Waals surface area (Å²) in [5.74, 6) is 1.47. The lowest BCUT2D eigenvalue weighted by atomic mass is 10.0. The first-order valence-electron chi connectivity index (χ1n) is 4.48. The molecule has 0 aromatic carbocycles. The van der Waals surface area contributed by atoms with Crippen LogP contribution in [-0.4, -0.2) is 0 Å². The standard InChI is InChI=1S/C11H18/c1-8(2)5-11-6-9(3)10(4)7-11/h6-9H,5H2,1-4H3. The van der Waals surface area contributed by atoms with E-state index in [0.29, 0.717) is 5.92 Å². The van der Waals surface area contributed by atoms with Gasteiger partial charge in [-0.3, -0.25) is 0 Å². The molecule has 0 saturated heterocycles. The van der Waals surface area contributed by atoms with Gasteiger partial charge in [0.05, 0.1) is 0 Å².